The van der Waals surface area contributed by atoms with Gasteiger partial charge in [0, 0.05) is 17.3 Å². The van der Waals surface area contributed by atoms with Gasteiger partial charge in [0.25, 0.3) is 0 Å². The highest BCUT2D eigenvalue weighted by molar-refractivity contribution is 5.98. The molecule has 2 rings (SSSR count). The Morgan fingerprint density at radius 3 is 2.47 bits per heavy atom. The van der Waals surface area contributed by atoms with Crippen LogP contribution in [0.25, 0.3) is 5.69 Å². The molecule has 1 heterocycles. The smallest absolute Gasteiger partial charge is 0.124 e. The molecule has 0 spiro atoms. The molecule has 0 radical (unpaired) electrons. The Balaban J connectivity index is 2.71. The molecule has 0 saturated carbocycles. The van der Waals surface area contributed by atoms with Crippen molar-refractivity contribution in [3.8, 4) is 11.4 Å². The third-order valence-electron chi connectivity index (χ3n) is 3.38. The summed E-state index contributed by atoms with van der Waals surface area (Å²) in [5.74, 6) is 0.730. The van der Waals surface area contributed by atoms with E-state index in [1.54, 1.807) is 19.2 Å². The first kappa shape index (κ1) is 13.1. The van der Waals surface area contributed by atoms with Crippen LogP contribution in [0.15, 0.2) is 18.2 Å². The second kappa shape index (κ2) is 4.76. The molecular formula is C14H18N4O. The first-order valence-electron chi connectivity index (χ1n) is 6.01. The predicted molar refractivity (Wildman–Crippen MR) is 75.3 cm³/mol. The Hall–Kier alpha value is -2.30. The molecule has 0 amide bonds. The number of ether oxygens (including phenoxy) is 1. The lowest BCUT2D eigenvalue weighted by Gasteiger charge is -2.12. The summed E-state index contributed by atoms with van der Waals surface area (Å²) in [6, 6.07) is 5.41. The first-order chi connectivity index (χ1) is 8.95. The standard InChI is InChI=1S/C14H18N4O/c1-8-9(2)17-18(10(8)3)13-7-11(19-4)5-6-12(13)14(15)16/h5-7H,1-4H3,(H3,15,16). The Labute approximate surface area is 112 Å². The van der Waals surface area contributed by atoms with Crippen LogP contribution in [0.3, 0.4) is 0 Å². The number of nitrogens with zero attached hydrogens (tertiary/aromatic N) is 2. The number of aryl methyl sites for hydroxylation is 1. The van der Waals surface area contributed by atoms with Crippen molar-refractivity contribution in [1.82, 2.24) is 9.78 Å². The van der Waals surface area contributed by atoms with Crippen molar-refractivity contribution < 1.29 is 4.74 Å². The number of benzene rings is 1. The summed E-state index contributed by atoms with van der Waals surface area (Å²) in [7, 11) is 1.61. The molecular weight excluding hydrogens is 240 g/mol. The minimum atomic E-state index is 0.0165. The quantitative estimate of drug-likeness (QED) is 0.653. The first-order valence-corrected chi connectivity index (χ1v) is 6.01. The number of hydrogen-bond donors (Lipinski definition) is 2. The fraction of sp³-hybridized carbons (Fsp3) is 0.286. The number of amidine groups is 1. The van der Waals surface area contributed by atoms with E-state index in [0.717, 1.165) is 22.6 Å². The molecule has 0 bridgehead atoms. The van der Waals surface area contributed by atoms with Crippen molar-refractivity contribution in [3.63, 3.8) is 0 Å². The van der Waals surface area contributed by atoms with Gasteiger partial charge in [-0.1, -0.05) is 0 Å². The summed E-state index contributed by atoms with van der Waals surface area (Å²) in [5, 5.41) is 12.2. The minimum Gasteiger partial charge on any atom is -0.497 e. The number of methoxy groups -OCH3 is 1. The number of nitrogens with one attached hydrogen (secondary N) is 1. The summed E-state index contributed by atoms with van der Waals surface area (Å²) < 4.78 is 7.05. The Kier molecular flexibility index (Phi) is 3.29. The number of rotatable bonds is 3. The lowest BCUT2D eigenvalue weighted by molar-refractivity contribution is 0.414. The third kappa shape index (κ3) is 2.19. The molecule has 0 aliphatic heterocycles. The van der Waals surface area contributed by atoms with Crippen LogP contribution in [0.4, 0.5) is 0 Å². The molecule has 19 heavy (non-hydrogen) atoms. The molecule has 3 N–H and O–H groups in total. The highest BCUT2D eigenvalue weighted by atomic mass is 16.5. The van der Waals surface area contributed by atoms with E-state index in [2.05, 4.69) is 5.10 Å². The van der Waals surface area contributed by atoms with Gasteiger partial charge in [0.15, 0.2) is 0 Å². The average Bonchev–Trinajstić information content (AvgIpc) is 2.65. The van der Waals surface area contributed by atoms with Crippen LogP contribution >= 0.6 is 0 Å². The Morgan fingerprint density at radius 2 is 2.00 bits per heavy atom. The fourth-order valence-electron chi connectivity index (χ4n) is 2.00. The van der Waals surface area contributed by atoms with Crippen molar-refractivity contribution in [2.24, 2.45) is 5.73 Å². The normalized spacial score (nSPS) is 10.5. The number of aromatic nitrogens is 2. The van der Waals surface area contributed by atoms with Gasteiger partial charge in [0.2, 0.25) is 0 Å². The van der Waals surface area contributed by atoms with Crippen LogP contribution in [0.1, 0.15) is 22.5 Å². The van der Waals surface area contributed by atoms with Crippen LogP contribution in [0.5, 0.6) is 5.75 Å². The van der Waals surface area contributed by atoms with Gasteiger partial charge in [-0.25, -0.2) is 4.68 Å². The zero-order valence-electron chi connectivity index (χ0n) is 11.6. The highest BCUT2D eigenvalue weighted by Crippen LogP contribution is 2.24. The van der Waals surface area contributed by atoms with Crippen LogP contribution in [0, 0.1) is 26.2 Å². The summed E-state index contributed by atoms with van der Waals surface area (Å²) in [6.07, 6.45) is 0. The Bertz CT molecular complexity index is 643. The van der Waals surface area contributed by atoms with Gasteiger partial charge in [-0.15, -0.1) is 0 Å². The van der Waals surface area contributed by atoms with Gasteiger partial charge < -0.3 is 10.5 Å². The maximum Gasteiger partial charge on any atom is 0.124 e. The third-order valence-corrected chi connectivity index (χ3v) is 3.38. The molecule has 1 aromatic heterocycles. The number of nitrogens with two attached hydrogens (primary N) is 1. The predicted octanol–water partition coefficient (Wildman–Crippen LogP) is 2.09. The molecule has 0 fully saturated rings. The van der Waals surface area contributed by atoms with E-state index in [4.69, 9.17) is 15.9 Å². The van der Waals surface area contributed by atoms with Gasteiger partial charge in [0.05, 0.1) is 18.5 Å². The van der Waals surface area contributed by atoms with E-state index < -0.39 is 0 Å². The van der Waals surface area contributed by atoms with Gasteiger partial charge in [-0.3, -0.25) is 5.41 Å². The van der Waals surface area contributed by atoms with E-state index in [-0.39, 0.29) is 5.84 Å². The molecule has 0 aliphatic carbocycles. The molecule has 100 valence electrons. The number of hydrogen-bond acceptors (Lipinski definition) is 3. The van der Waals surface area contributed by atoms with Crippen molar-refractivity contribution >= 4 is 5.84 Å². The summed E-state index contributed by atoms with van der Waals surface area (Å²) in [5.41, 5.74) is 10.2. The molecule has 5 nitrogen and oxygen atoms in total. The molecule has 0 atom stereocenters. The van der Waals surface area contributed by atoms with Crippen molar-refractivity contribution in [3.05, 3.63) is 40.7 Å². The van der Waals surface area contributed by atoms with Gasteiger partial charge in [-0.2, -0.15) is 5.10 Å². The largest absolute Gasteiger partial charge is 0.497 e. The molecule has 0 saturated heterocycles. The maximum atomic E-state index is 7.68. The van der Waals surface area contributed by atoms with Gasteiger partial charge in [0.1, 0.15) is 11.6 Å². The SMILES string of the molecule is COc1ccc(C(=N)N)c(-n2nc(C)c(C)c2C)c1. The molecule has 0 aliphatic rings. The van der Waals surface area contributed by atoms with Crippen molar-refractivity contribution in [2.45, 2.75) is 20.8 Å². The topological polar surface area (TPSA) is 76.9 Å². The van der Waals surface area contributed by atoms with Crippen molar-refractivity contribution in [1.29, 1.82) is 5.41 Å². The maximum absolute atomic E-state index is 7.68. The minimum absolute atomic E-state index is 0.0165. The summed E-state index contributed by atoms with van der Waals surface area (Å²) in [6.45, 7) is 5.99. The summed E-state index contributed by atoms with van der Waals surface area (Å²) in [4.78, 5) is 0. The second-order valence-electron chi connectivity index (χ2n) is 4.50. The van der Waals surface area contributed by atoms with E-state index in [9.17, 15) is 0 Å². The van der Waals surface area contributed by atoms with Crippen LogP contribution in [-0.2, 0) is 0 Å². The Morgan fingerprint density at radius 1 is 1.32 bits per heavy atom. The summed E-state index contributed by atoms with van der Waals surface area (Å²) >= 11 is 0. The van der Waals surface area contributed by atoms with Crippen LogP contribution in [0.2, 0.25) is 0 Å². The van der Waals surface area contributed by atoms with Gasteiger partial charge in [-0.05, 0) is 38.5 Å². The highest BCUT2D eigenvalue weighted by Gasteiger charge is 2.14. The molecule has 2 aromatic rings. The lowest BCUT2D eigenvalue weighted by Crippen LogP contribution is -2.16. The zero-order chi connectivity index (χ0) is 14.2. The van der Waals surface area contributed by atoms with Crippen LogP contribution < -0.4 is 10.5 Å². The fourth-order valence-corrected chi connectivity index (χ4v) is 2.00. The van der Waals surface area contributed by atoms with E-state index >= 15 is 0 Å². The average molecular weight is 258 g/mol. The van der Waals surface area contributed by atoms with E-state index in [0.29, 0.717) is 11.3 Å². The van der Waals surface area contributed by atoms with E-state index in [1.165, 1.54) is 0 Å². The molecule has 5 heteroatoms. The number of nitrogen functional groups attached to an aromatic ring is 1. The van der Waals surface area contributed by atoms with Crippen LogP contribution in [-0.4, -0.2) is 22.7 Å². The van der Waals surface area contributed by atoms with E-state index in [1.807, 2.05) is 31.5 Å². The molecule has 0 unspecified atom stereocenters. The monoisotopic (exact) mass is 258 g/mol. The lowest BCUT2D eigenvalue weighted by atomic mass is 10.1. The van der Waals surface area contributed by atoms with Gasteiger partial charge >= 0.3 is 0 Å². The second-order valence-corrected chi connectivity index (χ2v) is 4.50. The zero-order valence-corrected chi connectivity index (χ0v) is 11.6. The molecule has 1 aromatic carbocycles. The van der Waals surface area contributed by atoms with Crippen molar-refractivity contribution in [2.75, 3.05) is 7.11 Å².